The number of fused-ring (bicyclic) bond motifs is 1. The van der Waals surface area contributed by atoms with Gasteiger partial charge in [-0.25, -0.2) is 4.79 Å². The number of aryl methyl sites for hydroxylation is 1. The molecule has 0 aliphatic carbocycles. The first kappa shape index (κ1) is 20.8. The maximum atomic E-state index is 10.7. The van der Waals surface area contributed by atoms with Crippen LogP contribution in [0, 0.1) is 6.92 Å². The van der Waals surface area contributed by atoms with Crippen LogP contribution < -0.4 is 9.47 Å². The van der Waals surface area contributed by atoms with Crippen LogP contribution in [0.2, 0.25) is 0 Å². The lowest BCUT2D eigenvalue weighted by Gasteiger charge is -2.10. The summed E-state index contributed by atoms with van der Waals surface area (Å²) < 4.78 is 11.3. The number of nitrogens with zero attached hydrogens (tertiary/aromatic N) is 1. The number of carboxylic acids is 1. The van der Waals surface area contributed by atoms with Crippen LogP contribution in [0.15, 0.2) is 88.8 Å². The monoisotopic (exact) mass is 431 g/mol. The predicted molar refractivity (Wildman–Crippen MR) is 121 cm³/mol. The Hall–Kier alpha value is -3.51. The van der Waals surface area contributed by atoms with E-state index in [1.165, 1.54) is 0 Å². The summed E-state index contributed by atoms with van der Waals surface area (Å²) in [5.74, 6) is 0.423. The SMILES string of the molecule is Cc1cc(Sc2ccc(COc3ccnc4ccccc34)cc2)ccc1OCC(=O)O. The molecule has 0 aliphatic heterocycles. The minimum absolute atomic E-state index is 0.341. The van der Waals surface area contributed by atoms with Gasteiger partial charge in [0.2, 0.25) is 0 Å². The number of para-hydroxylation sites is 1. The minimum Gasteiger partial charge on any atom is -0.488 e. The van der Waals surface area contributed by atoms with Crippen molar-refractivity contribution >= 4 is 28.6 Å². The molecule has 0 atom stereocenters. The van der Waals surface area contributed by atoms with E-state index in [4.69, 9.17) is 14.6 Å². The average Bonchev–Trinajstić information content (AvgIpc) is 2.78. The second-order valence-electron chi connectivity index (χ2n) is 6.97. The second kappa shape index (κ2) is 9.53. The summed E-state index contributed by atoms with van der Waals surface area (Å²) in [5.41, 5.74) is 2.90. The molecule has 0 amide bonds. The topological polar surface area (TPSA) is 68.7 Å². The third kappa shape index (κ3) is 5.35. The Balaban J connectivity index is 1.38. The molecule has 0 saturated carbocycles. The Morgan fingerprint density at radius 2 is 1.71 bits per heavy atom. The first-order valence-corrected chi connectivity index (χ1v) is 10.6. The highest BCUT2D eigenvalue weighted by atomic mass is 32.2. The van der Waals surface area contributed by atoms with Crippen LogP contribution in [0.4, 0.5) is 0 Å². The molecule has 6 heteroatoms. The molecular weight excluding hydrogens is 410 g/mol. The van der Waals surface area contributed by atoms with Gasteiger partial charge < -0.3 is 14.6 Å². The Morgan fingerprint density at radius 3 is 2.48 bits per heavy atom. The van der Waals surface area contributed by atoms with E-state index in [-0.39, 0.29) is 6.61 Å². The van der Waals surface area contributed by atoms with Crippen molar-refractivity contribution in [3.63, 3.8) is 0 Å². The van der Waals surface area contributed by atoms with Gasteiger partial charge in [0.1, 0.15) is 18.1 Å². The highest BCUT2D eigenvalue weighted by Crippen LogP contribution is 2.31. The van der Waals surface area contributed by atoms with Crippen LogP contribution in [-0.4, -0.2) is 22.7 Å². The molecule has 4 aromatic rings. The third-order valence-corrected chi connectivity index (χ3v) is 5.66. The number of aliphatic carboxylic acids is 1. The predicted octanol–water partition coefficient (Wildman–Crippen LogP) is 5.74. The van der Waals surface area contributed by atoms with Gasteiger partial charge in [-0.05, 0) is 66.6 Å². The van der Waals surface area contributed by atoms with Gasteiger partial charge in [-0.3, -0.25) is 4.98 Å². The smallest absolute Gasteiger partial charge is 0.341 e. The van der Waals surface area contributed by atoms with Crippen molar-refractivity contribution < 1.29 is 19.4 Å². The Labute approximate surface area is 184 Å². The summed E-state index contributed by atoms with van der Waals surface area (Å²) in [7, 11) is 0. The molecule has 1 N–H and O–H groups in total. The molecule has 31 heavy (non-hydrogen) atoms. The van der Waals surface area contributed by atoms with Crippen molar-refractivity contribution in [3.05, 3.63) is 90.1 Å². The van der Waals surface area contributed by atoms with Gasteiger partial charge in [0.05, 0.1) is 5.52 Å². The standard InChI is InChI=1S/C25H21NO4S/c1-17-14-20(10-11-23(17)30-16-25(27)28)31-19-8-6-18(7-9-19)15-29-24-12-13-26-22-5-3-2-4-21(22)24/h2-14H,15-16H2,1H3,(H,27,28). The Kier molecular flexibility index (Phi) is 6.38. The number of benzene rings is 3. The van der Waals surface area contributed by atoms with Crippen molar-refractivity contribution in [1.82, 2.24) is 4.98 Å². The van der Waals surface area contributed by atoms with Gasteiger partial charge in [-0.2, -0.15) is 0 Å². The van der Waals surface area contributed by atoms with E-state index in [1.54, 1.807) is 18.0 Å². The number of carbonyl (C=O) groups is 1. The fourth-order valence-corrected chi connectivity index (χ4v) is 4.05. The summed E-state index contributed by atoms with van der Waals surface area (Å²) >= 11 is 1.64. The zero-order valence-corrected chi connectivity index (χ0v) is 17.8. The number of rotatable bonds is 8. The van der Waals surface area contributed by atoms with Crippen LogP contribution in [0.5, 0.6) is 11.5 Å². The van der Waals surface area contributed by atoms with Crippen molar-refractivity contribution in [3.8, 4) is 11.5 Å². The fraction of sp³-hybridized carbons (Fsp3) is 0.120. The molecule has 0 unspecified atom stereocenters. The quantitative estimate of drug-likeness (QED) is 0.384. The summed E-state index contributed by atoms with van der Waals surface area (Å²) in [4.78, 5) is 17.2. The van der Waals surface area contributed by atoms with E-state index in [9.17, 15) is 4.79 Å². The normalized spacial score (nSPS) is 10.7. The molecule has 4 rings (SSSR count). The second-order valence-corrected chi connectivity index (χ2v) is 8.12. The van der Waals surface area contributed by atoms with Crippen LogP contribution in [0.3, 0.4) is 0 Å². The molecule has 0 fully saturated rings. The zero-order chi connectivity index (χ0) is 21.6. The summed E-state index contributed by atoms with van der Waals surface area (Å²) in [5, 5.41) is 9.75. The molecule has 5 nitrogen and oxygen atoms in total. The van der Waals surface area contributed by atoms with E-state index >= 15 is 0 Å². The number of aromatic nitrogens is 1. The summed E-state index contributed by atoms with van der Waals surface area (Å²) in [6.45, 7) is 2.05. The Morgan fingerprint density at radius 1 is 0.935 bits per heavy atom. The molecule has 3 aromatic carbocycles. The van der Waals surface area contributed by atoms with Crippen molar-refractivity contribution in [2.75, 3.05) is 6.61 Å². The average molecular weight is 432 g/mol. The molecule has 0 aliphatic rings. The Bertz CT molecular complexity index is 1200. The molecule has 1 aromatic heterocycles. The van der Waals surface area contributed by atoms with Gasteiger partial charge in [0.15, 0.2) is 6.61 Å². The maximum absolute atomic E-state index is 10.7. The largest absolute Gasteiger partial charge is 0.488 e. The highest BCUT2D eigenvalue weighted by molar-refractivity contribution is 7.99. The van der Waals surface area contributed by atoms with Gasteiger partial charge in [-0.15, -0.1) is 0 Å². The first-order valence-electron chi connectivity index (χ1n) is 9.77. The molecule has 0 bridgehead atoms. The van der Waals surface area contributed by atoms with Gasteiger partial charge >= 0.3 is 5.97 Å². The lowest BCUT2D eigenvalue weighted by Crippen LogP contribution is -2.09. The molecular formula is C25H21NO4S. The van der Waals surface area contributed by atoms with Crippen LogP contribution in [0.1, 0.15) is 11.1 Å². The van der Waals surface area contributed by atoms with E-state index in [0.29, 0.717) is 12.4 Å². The van der Waals surface area contributed by atoms with E-state index in [1.807, 2.05) is 55.5 Å². The molecule has 0 spiro atoms. The van der Waals surface area contributed by atoms with E-state index < -0.39 is 5.97 Å². The van der Waals surface area contributed by atoms with Gasteiger partial charge in [0, 0.05) is 21.4 Å². The third-order valence-electron chi connectivity index (χ3n) is 4.66. The molecule has 1 heterocycles. The highest BCUT2D eigenvalue weighted by Gasteiger charge is 2.06. The van der Waals surface area contributed by atoms with E-state index in [2.05, 4.69) is 29.2 Å². The number of carboxylic acid groups (broad SMARTS) is 1. The molecule has 156 valence electrons. The number of pyridine rings is 1. The van der Waals surface area contributed by atoms with Gasteiger partial charge in [-0.1, -0.05) is 36.0 Å². The lowest BCUT2D eigenvalue weighted by atomic mass is 10.2. The van der Waals surface area contributed by atoms with Crippen molar-refractivity contribution in [2.45, 2.75) is 23.3 Å². The molecule has 0 radical (unpaired) electrons. The fourth-order valence-electron chi connectivity index (χ4n) is 3.13. The molecule has 0 saturated heterocycles. The number of hydrogen-bond acceptors (Lipinski definition) is 5. The zero-order valence-electron chi connectivity index (χ0n) is 16.9. The van der Waals surface area contributed by atoms with Gasteiger partial charge in [0.25, 0.3) is 0 Å². The first-order chi connectivity index (χ1) is 15.1. The maximum Gasteiger partial charge on any atom is 0.341 e. The minimum atomic E-state index is -0.987. The van der Waals surface area contributed by atoms with Crippen molar-refractivity contribution in [2.24, 2.45) is 0 Å². The number of hydrogen-bond donors (Lipinski definition) is 1. The summed E-state index contributed by atoms with van der Waals surface area (Å²) in [6.07, 6.45) is 1.76. The summed E-state index contributed by atoms with van der Waals surface area (Å²) in [6, 6.07) is 23.8. The van der Waals surface area contributed by atoms with Crippen LogP contribution in [0.25, 0.3) is 10.9 Å². The van der Waals surface area contributed by atoms with Crippen LogP contribution in [-0.2, 0) is 11.4 Å². The van der Waals surface area contributed by atoms with Crippen LogP contribution >= 0.6 is 11.8 Å². The lowest BCUT2D eigenvalue weighted by molar-refractivity contribution is -0.139. The van der Waals surface area contributed by atoms with E-state index in [0.717, 1.165) is 37.6 Å². The number of ether oxygens (including phenoxy) is 2. The van der Waals surface area contributed by atoms with Crippen molar-refractivity contribution in [1.29, 1.82) is 0 Å².